The molecule has 13 heteroatoms. The van der Waals surface area contributed by atoms with Crippen molar-refractivity contribution >= 4 is 59.1 Å². The van der Waals surface area contributed by atoms with Gasteiger partial charge in [0.1, 0.15) is 5.01 Å². The van der Waals surface area contributed by atoms with E-state index >= 15 is 0 Å². The number of hydrogen-bond donors (Lipinski definition) is 2. The Balaban J connectivity index is 1.89. The number of hydrogen-bond acceptors (Lipinski definition) is 6. The number of thiazole rings is 1. The molecule has 2 aromatic rings. The van der Waals surface area contributed by atoms with Gasteiger partial charge in [-0.2, -0.15) is 13.2 Å². The molecule has 1 aromatic carbocycles. The van der Waals surface area contributed by atoms with E-state index in [0.717, 1.165) is 36.5 Å². The van der Waals surface area contributed by atoms with E-state index in [2.05, 4.69) is 31.5 Å². The van der Waals surface area contributed by atoms with Crippen LogP contribution in [-0.4, -0.2) is 44.1 Å². The van der Waals surface area contributed by atoms with E-state index in [9.17, 15) is 31.2 Å². The number of rotatable bonds is 6. The fourth-order valence-corrected chi connectivity index (χ4v) is 5.80. The molecule has 1 aliphatic rings. The zero-order valence-corrected chi connectivity index (χ0v) is 18.1. The Hall–Kier alpha value is -1.73. The van der Waals surface area contributed by atoms with E-state index in [1.54, 1.807) is 0 Å². The number of sulfone groups is 1. The molecule has 1 unspecified atom stereocenters. The topological polar surface area (TPSA) is 105 Å². The van der Waals surface area contributed by atoms with Gasteiger partial charge in [0.2, 0.25) is 11.8 Å². The fraction of sp³-hybridized carbons (Fsp3) is 0.438. The second-order valence-corrected chi connectivity index (χ2v) is 10.7. The molecule has 1 atom stereocenters. The van der Waals surface area contributed by atoms with Crippen LogP contribution in [0.4, 0.5) is 13.2 Å². The highest BCUT2D eigenvalue weighted by atomic mass is 79.9. The van der Waals surface area contributed by atoms with Gasteiger partial charge >= 0.3 is 6.18 Å². The number of nitrogens with zero attached hydrogens (tertiary/aromatic N) is 1. The molecule has 1 saturated carbocycles. The Morgan fingerprint density at radius 2 is 2.00 bits per heavy atom. The van der Waals surface area contributed by atoms with Crippen molar-refractivity contribution in [3.8, 4) is 0 Å². The number of benzene rings is 1. The number of carbonyl (C=O) groups excluding carboxylic acids is 2. The average Bonchev–Trinajstić information content (AvgIpc) is 3.28. The Morgan fingerprint density at radius 3 is 2.55 bits per heavy atom. The highest BCUT2D eigenvalue weighted by molar-refractivity contribution is 9.10. The predicted molar refractivity (Wildman–Crippen MR) is 104 cm³/mol. The number of amides is 2. The summed E-state index contributed by atoms with van der Waals surface area (Å²) in [7, 11) is -4.00. The van der Waals surface area contributed by atoms with Gasteiger partial charge in [0.15, 0.2) is 15.1 Å². The van der Waals surface area contributed by atoms with Gasteiger partial charge in [-0.15, -0.1) is 11.3 Å². The Bertz CT molecular complexity index is 1080. The monoisotopic (exact) mass is 513 g/mol. The third-order valence-electron chi connectivity index (χ3n) is 4.06. The molecule has 1 aliphatic carbocycles. The van der Waals surface area contributed by atoms with Crippen LogP contribution in [0, 0.1) is 0 Å². The second-order valence-electron chi connectivity index (χ2n) is 6.62. The zero-order valence-electron chi connectivity index (χ0n) is 14.8. The summed E-state index contributed by atoms with van der Waals surface area (Å²) in [5.41, 5.74) is -1.03. The summed E-state index contributed by atoms with van der Waals surface area (Å²) in [6.07, 6.45) is -2.09. The minimum Gasteiger partial charge on any atom is -0.352 e. The van der Waals surface area contributed by atoms with Gasteiger partial charge in [0, 0.05) is 16.8 Å². The van der Waals surface area contributed by atoms with E-state index in [1.165, 1.54) is 6.07 Å². The van der Waals surface area contributed by atoms with Crippen molar-refractivity contribution in [2.75, 3.05) is 12.8 Å². The number of carbonyl (C=O) groups is 2. The SMILES string of the molecule is CS(=O)(=O)C(C(=O)NCC(=O)NC1CC1)c1nc2cc(C(F)(F)F)c(Br)cc2s1. The molecule has 2 N–H and O–H groups in total. The first-order valence-electron chi connectivity index (χ1n) is 8.29. The highest BCUT2D eigenvalue weighted by Crippen LogP contribution is 2.39. The lowest BCUT2D eigenvalue weighted by Crippen LogP contribution is -2.41. The first-order valence-corrected chi connectivity index (χ1v) is 11.9. The summed E-state index contributed by atoms with van der Waals surface area (Å²) in [5.74, 6) is -1.41. The van der Waals surface area contributed by atoms with Crippen molar-refractivity contribution in [1.29, 1.82) is 0 Å². The number of aromatic nitrogens is 1. The van der Waals surface area contributed by atoms with Crippen LogP contribution in [-0.2, 0) is 25.6 Å². The van der Waals surface area contributed by atoms with E-state index < -0.39 is 45.2 Å². The van der Waals surface area contributed by atoms with E-state index in [0.29, 0.717) is 0 Å². The van der Waals surface area contributed by atoms with Gasteiger partial charge in [-0.1, -0.05) is 15.9 Å². The fourth-order valence-electron chi connectivity index (χ4n) is 2.55. The standard InChI is InChI=1S/C16H15BrF3N3O4S2/c1-29(26,27)13(14(25)21-6-12(24)22-7-2-3-7)15-23-10-4-8(16(18,19)20)9(17)5-11(10)28-15/h4-5,7,13H,2-3,6H2,1H3,(H,21,25)(H,22,24). The summed E-state index contributed by atoms with van der Waals surface area (Å²) in [6, 6.07) is 2.05. The molecule has 7 nitrogen and oxygen atoms in total. The molecular weight excluding hydrogens is 499 g/mol. The molecule has 1 aromatic heterocycles. The van der Waals surface area contributed by atoms with Crippen LogP contribution in [0.1, 0.15) is 28.7 Å². The molecule has 0 bridgehead atoms. The number of halogens is 4. The minimum atomic E-state index is -4.63. The van der Waals surface area contributed by atoms with Gasteiger partial charge in [-0.3, -0.25) is 9.59 Å². The number of alkyl halides is 3. The predicted octanol–water partition coefficient (Wildman–Crippen LogP) is 2.56. The van der Waals surface area contributed by atoms with Gasteiger partial charge < -0.3 is 10.6 Å². The maximum atomic E-state index is 13.1. The third-order valence-corrected chi connectivity index (χ3v) is 7.24. The number of fused-ring (bicyclic) bond motifs is 1. The van der Waals surface area contributed by atoms with E-state index in [4.69, 9.17) is 0 Å². The molecule has 2 amide bonds. The van der Waals surface area contributed by atoms with Gasteiger partial charge in [0.25, 0.3) is 0 Å². The van der Waals surface area contributed by atoms with Crippen molar-refractivity contribution in [2.24, 2.45) is 0 Å². The maximum Gasteiger partial charge on any atom is 0.417 e. The van der Waals surface area contributed by atoms with Crippen LogP contribution in [0.5, 0.6) is 0 Å². The summed E-state index contributed by atoms with van der Waals surface area (Å²) in [5, 5.41) is 3.00. The molecule has 1 heterocycles. The van der Waals surface area contributed by atoms with Crippen LogP contribution in [0.15, 0.2) is 16.6 Å². The minimum absolute atomic E-state index is 0.0755. The molecule has 158 valence electrons. The van der Waals surface area contributed by atoms with Gasteiger partial charge in [-0.25, -0.2) is 13.4 Å². The zero-order chi connectivity index (χ0) is 21.6. The summed E-state index contributed by atoms with van der Waals surface area (Å²) in [6.45, 7) is -0.407. The van der Waals surface area contributed by atoms with E-state index in [-0.39, 0.29) is 25.7 Å². The Kier molecular flexibility index (Phi) is 5.94. The lowest BCUT2D eigenvalue weighted by atomic mass is 10.2. The summed E-state index contributed by atoms with van der Waals surface area (Å²) in [4.78, 5) is 28.1. The number of nitrogens with one attached hydrogen (secondary N) is 2. The molecule has 29 heavy (non-hydrogen) atoms. The van der Waals surface area contributed by atoms with Crippen molar-refractivity contribution < 1.29 is 31.2 Å². The van der Waals surface area contributed by atoms with Crippen molar-refractivity contribution in [3.63, 3.8) is 0 Å². The van der Waals surface area contributed by atoms with Crippen LogP contribution < -0.4 is 10.6 Å². The lowest BCUT2D eigenvalue weighted by molar-refractivity contribution is -0.138. The molecule has 3 rings (SSSR count). The Labute approximate surface area is 176 Å². The summed E-state index contributed by atoms with van der Waals surface area (Å²) >= 11 is 3.65. The smallest absolute Gasteiger partial charge is 0.352 e. The highest BCUT2D eigenvalue weighted by Gasteiger charge is 2.36. The first-order chi connectivity index (χ1) is 13.4. The molecule has 0 aliphatic heterocycles. The van der Waals surface area contributed by atoms with Crippen molar-refractivity contribution in [3.05, 3.63) is 27.2 Å². The molecule has 0 spiro atoms. The molecule has 0 radical (unpaired) electrons. The largest absolute Gasteiger partial charge is 0.417 e. The average molecular weight is 514 g/mol. The van der Waals surface area contributed by atoms with Crippen LogP contribution in [0.2, 0.25) is 0 Å². The first kappa shape index (κ1) is 22.0. The lowest BCUT2D eigenvalue weighted by Gasteiger charge is -2.12. The van der Waals surface area contributed by atoms with Crippen LogP contribution >= 0.6 is 27.3 Å². The van der Waals surface area contributed by atoms with Crippen LogP contribution in [0.25, 0.3) is 10.2 Å². The second kappa shape index (κ2) is 7.84. The molecule has 0 saturated heterocycles. The van der Waals surface area contributed by atoms with Crippen molar-refractivity contribution in [1.82, 2.24) is 15.6 Å². The molecule has 1 fully saturated rings. The normalized spacial score (nSPS) is 15.9. The maximum absolute atomic E-state index is 13.1. The van der Waals surface area contributed by atoms with Gasteiger partial charge in [-0.05, 0) is 25.0 Å². The van der Waals surface area contributed by atoms with Crippen molar-refractivity contribution in [2.45, 2.75) is 30.3 Å². The molecular formula is C16H15BrF3N3O4S2. The van der Waals surface area contributed by atoms with E-state index in [1.807, 2.05) is 0 Å². The Morgan fingerprint density at radius 1 is 1.34 bits per heavy atom. The summed E-state index contributed by atoms with van der Waals surface area (Å²) < 4.78 is 63.7. The quantitative estimate of drug-likeness (QED) is 0.617. The van der Waals surface area contributed by atoms with Crippen LogP contribution in [0.3, 0.4) is 0 Å². The van der Waals surface area contributed by atoms with Gasteiger partial charge in [0.05, 0.1) is 22.3 Å². The third kappa shape index (κ3) is 5.25.